The van der Waals surface area contributed by atoms with Gasteiger partial charge in [-0.1, -0.05) is 18.2 Å². The standard InChI is InChI=1S/C16H18N2O4/c1-16(2)9-7-21-10-6-4-3-5-8(10)11(9)12-13(19)17-15(20)18-14(12)22-16/h3-6,9,11-12,14H,7H2,1-2H3,(H2,17,18,19,20)/t9-,11-,12-,14-/m0/s1. The molecule has 0 saturated carbocycles. The van der Waals surface area contributed by atoms with E-state index in [2.05, 4.69) is 10.6 Å². The summed E-state index contributed by atoms with van der Waals surface area (Å²) in [4.78, 5) is 24.0. The number of para-hydroxylation sites is 1. The van der Waals surface area contributed by atoms with Gasteiger partial charge >= 0.3 is 6.03 Å². The van der Waals surface area contributed by atoms with Crippen LogP contribution in [0.15, 0.2) is 24.3 Å². The molecule has 0 aliphatic carbocycles. The third-order valence-electron chi connectivity index (χ3n) is 4.98. The Morgan fingerprint density at radius 2 is 1.95 bits per heavy atom. The average Bonchev–Trinajstić information content (AvgIpc) is 2.45. The Hall–Kier alpha value is -2.08. The Balaban J connectivity index is 1.84. The highest BCUT2D eigenvalue weighted by molar-refractivity contribution is 5.99. The van der Waals surface area contributed by atoms with Gasteiger partial charge in [-0.3, -0.25) is 10.1 Å². The van der Waals surface area contributed by atoms with Gasteiger partial charge in [-0.05, 0) is 25.5 Å². The van der Waals surface area contributed by atoms with E-state index >= 15 is 0 Å². The number of hydrogen-bond donors (Lipinski definition) is 2. The van der Waals surface area contributed by atoms with Crippen molar-refractivity contribution in [3.05, 3.63) is 29.8 Å². The molecule has 0 aromatic heterocycles. The maximum Gasteiger partial charge on any atom is 0.323 e. The predicted molar refractivity (Wildman–Crippen MR) is 77.3 cm³/mol. The molecule has 0 bridgehead atoms. The van der Waals surface area contributed by atoms with E-state index in [1.54, 1.807) is 0 Å². The molecular weight excluding hydrogens is 284 g/mol. The van der Waals surface area contributed by atoms with Crippen LogP contribution in [0.25, 0.3) is 0 Å². The zero-order chi connectivity index (χ0) is 15.5. The molecule has 6 nitrogen and oxygen atoms in total. The van der Waals surface area contributed by atoms with Crippen LogP contribution < -0.4 is 15.4 Å². The molecule has 4 rings (SSSR count). The molecule has 3 amide bonds. The maximum atomic E-state index is 12.4. The average molecular weight is 302 g/mol. The summed E-state index contributed by atoms with van der Waals surface area (Å²) in [6.07, 6.45) is -0.608. The fourth-order valence-electron chi connectivity index (χ4n) is 3.92. The van der Waals surface area contributed by atoms with Gasteiger partial charge in [-0.15, -0.1) is 0 Å². The van der Waals surface area contributed by atoms with E-state index in [1.165, 1.54) is 0 Å². The molecule has 4 atom stereocenters. The van der Waals surface area contributed by atoms with E-state index in [0.717, 1.165) is 11.3 Å². The zero-order valence-corrected chi connectivity index (χ0v) is 12.5. The van der Waals surface area contributed by atoms with Gasteiger partial charge in [0.25, 0.3) is 0 Å². The molecule has 0 unspecified atom stereocenters. The summed E-state index contributed by atoms with van der Waals surface area (Å²) in [5.41, 5.74) is 0.515. The number of rotatable bonds is 0. The SMILES string of the molecule is CC1(C)O[C@@H]2NC(=O)NC(=O)[C@@H]2[C@H]2c3ccccc3OC[C@@H]21. The summed E-state index contributed by atoms with van der Waals surface area (Å²) >= 11 is 0. The lowest BCUT2D eigenvalue weighted by molar-refractivity contribution is -0.200. The summed E-state index contributed by atoms with van der Waals surface area (Å²) in [5, 5.41) is 5.09. The molecule has 22 heavy (non-hydrogen) atoms. The van der Waals surface area contributed by atoms with Crippen molar-refractivity contribution in [3.63, 3.8) is 0 Å². The van der Waals surface area contributed by atoms with Crippen LogP contribution in [-0.2, 0) is 9.53 Å². The Kier molecular flexibility index (Phi) is 2.75. The van der Waals surface area contributed by atoms with Gasteiger partial charge in [-0.25, -0.2) is 4.79 Å². The molecule has 3 aliphatic heterocycles. The van der Waals surface area contributed by atoms with Gasteiger partial charge < -0.3 is 14.8 Å². The highest BCUT2D eigenvalue weighted by atomic mass is 16.5. The zero-order valence-electron chi connectivity index (χ0n) is 12.5. The first-order valence-corrected chi connectivity index (χ1v) is 7.48. The minimum atomic E-state index is -0.608. The number of nitrogens with one attached hydrogen (secondary N) is 2. The molecule has 2 fully saturated rings. The topological polar surface area (TPSA) is 76.7 Å². The van der Waals surface area contributed by atoms with Gasteiger partial charge in [-0.2, -0.15) is 0 Å². The van der Waals surface area contributed by atoms with Gasteiger partial charge in [0.15, 0.2) is 0 Å². The summed E-state index contributed by atoms with van der Waals surface area (Å²) in [6, 6.07) is 7.28. The number of urea groups is 1. The van der Waals surface area contributed by atoms with Gasteiger partial charge in [0.1, 0.15) is 12.0 Å². The van der Waals surface area contributed by atoms with Crippen LogP contribution in [0, 0.1) is 11.8 Å². The van der Waals surface area contributed by atoms with Crippen molar-refractivity contribution in [2.24, 2.45) is 11.8 Å². The van der Waals surface area contributed by atoms with Crippen molar-refractivity contribution in [2.45, 2.75) is 31.6 Å². The first-order valence-electron chi connectivity index (χ1n) is 7.48. The number of fused-ring (bicyclic) bond motifs is 5. The molecule has 3 heterocycles. The van der Waals surface area contributed by atoms with Gasteiger partial charge in [0.2, 0.25) is 5.91 Å². The van der Waals surface area contributed by atoms with E-state index in [9.17, 15) is 9.59 Å². The smallest absolute Gasteiger partial charge is 0.323 e. The lowest BCUT2D eigenvalue weighted by Crippen LogP contribution is -2.68. The van der Waals surface area contributed by atoms with E-state index in [-0.39, 0.29) is 17.7 Å². The minimum absolute atomic E-state index is 0.0423. The fraction of sp³-hybridized carbons (Fsp3) is 0.500. The molecule has 0 spiro atoms. The number of benzene rings is 1. The fourth-order valence-corrected chi connectivity index (χ4v) is 3.92. The third-order valence-corrected chi connectivity index (χ3v) is 4.98. The van der Waals surface area contributed by atoms with Crippen molar-refractivity contribution in [1.82, 2.24) is 10.6 Å². The number of ether oxygens (including phenoxy) is 2. The molecule has 2 N–H and O–H groups in total. The van der Waals surface area contributed by atoms with Crippen LogP contribution in [0.4, 0.5) is 4.79 Å². The number of carbonyl (C=O) groups is 2. The second-order valence-corrected chi connectivity index (χ2v) is 6.61. The van der Waals surface area contributed by atoms with Crippen molar-refractivity contribution < 1.29 is 19.1 Å². The van der Waals surface area contributed by atoms with Gasteiger partial charge in [0, 0.05) is 11.8 Å². The van der Waals surface area contributed by atoms with Crippen LogP contribution in [-0.4, -0.2) is 30.4 Å². The second-order valence-electron chi connectivity index (χ2n) is 6.61. The number of carbonyl (C=O) groups excluding carboxylic acids is 2. The molecule has 0 radical (unpaired) electrons. The van der Waals surface area contributed by atoms with Crippen molar-refractivity contribution in [3.8, 4) is 5.75 Å². The first kappa shape index (κ1) is 13.6. The monoisotopic (exact) mass is 302 g/mol. The Morgan fingerprint density at radius 3 is 2.77 bits per heavy atom. The van der Waals surface area contributed by atoms with Crippen LogP contribution in [0.5, 0.6) is 5.75 Å². The highest BCUT2D eigenvalue weighted by Gasteiger charge is 2.57. The van der Waals surface area contributed by atoms with Gasteiger partial charge in [0.05, 0.1) is 18.1 Å². The minimum Gasteiger partial charge on any atom is -0.493 e. The quantitative estimate of drug-likeness (QED) is 0.759. The van der Waals surface area contributed by atoms with E-state index in [4.69, 9.17) is 9.47 Å². The number of hydrogen-bond acceptors (Lipinski definition) is 4. The maximum absolute atomic E-state index is 12.4. The van der Waals surface area contributed by atoms with Crippen molar-refractivity contribution in [2.75, 3.05) is 6.61 Å². The Morgan fingerprint density at radius 1 is 1.18 bits per heavy atom. The van der Waals surface area contributed by atoms with Crippen LogP contribution in [0.2, 0.25) is 0 Å². The van der Waals surface area contributed by atoms with Crippen LogP contribution in [0.1, 0.15) is 25.3 Å². The summed E-state index contributed by atoms with van der Waals surface area (Å²) in [5.74, 6) is 0.0883. The third kappa shape index (κ3) is 1.83. The molecule has 1 aromatic rings. The summed E-state index contributed by atoms with van der Waals surface area (Å²) < 4.78 is 11.9. The van der Waals surface area contributed by atoms with Crippen molar-refractivity contribution in [1.29, 1.82) is 0 Å². The molecular formula is C16H18N2O4. The number of amides is 3. The van der Waals surface area contributed by atoms with Crippen molar-refractivity contribution >= 4 is 11.9 Å². The second kappa shape index (κ2) is 4.46. The van der Waals surface area contributed by atoms with E-state index < -0.39 is 23.8 Å². The molecule has 116 valence electrons. The van der Waals surface area contributed by atoms with E-state index in [1.807, 2.05) is 38.1 Å². The van der Waals surface area contributed by atoms with Crippen LogP contribution in [0.3, 0.4) is 0 Å². The molecule has 1 aromatic carbocycles. The lowest BCUT2D eigenvalue weighted by Gasteiger charge is -2.53. The summed E-state index contributed by atoms with van der Waals surface area (Å²) in [7, 11) is 0. The first-order chi connectivity index (χ1) is 10.5. The molecule has 6 heteroatoms. The molecule has 3 aliphatic rings. The molecule has 2 saturated heterocycles. The lowest BCUT2D eigenvalue weighted by atomic mass is 9.66. The Labute approximate surface area is 128 Å². The van der Waals surface area contributed by atoms with E-state index in [0.29, 0.717) is 6.61 Å². The normalized spacial score (nSPS) is 35.2. The highest BCUT2D eigenvalue weighted by Crippen LogP contribution is 2.51. The van der Waals surface area contributed by atoms with Crippen LogP contribution >= 0.6 is 0 Å². The Bertz CT molecular complexity index is 657. The largest absolute Gasteiger partial charge is 0.493 e. The predicted octanol–water partition coefficient (Wildman–Crippen LogP) is 1.37. The summed E-state index contributed by atoms with van der Waals surface area (Å²) in [6.45, 7) is 4.47. The number of imide groups is 1.